The van der Waals surface area contributed by atoms with Gasteiger partial charge in [-0.2, -0.15) is 0 Å². The van der Waals surface area contributed by atoms with Crippen LogP contribution in [0.5, 0.6) is 0 Å². The number of hydrogen-bond acceptors (Lipinski definition) is 2. The molecule has 1 heterocycles. The Bertz CT molecular complexity index is 521. The van der Waals surface area contributed by atoms with E-state index in [4.69, 9.17) is 5.73 Å². The number of piperidine rings is 1. The summed E-state index contributed by atoms with van der Waals surface area (Å²) >= 11 is 0. The first-order valence-corrected chi connectivity index (χ1v) is 7.58. The lowest BCUT2D eigenvalue weighted by molar-refractivity contribution is -0.135. The zero-order valence-electron chi connectivity index (χ0n) is 13.5. The normalized spacial score (nSPS) is 21.9. The molecule has 2 unspecified atom stereocenters. The molecule has 5 heteroatoms. The Balaban J connectivity index is 0.00000242. The zero-order chi connectivity index (χ0) is 15.6. The number of benzene rings is 1. The van der Waals surface area contributed by atoms with E-state index in [1.165, 1.54) is 12.1 Å². The van der Waals surface area contributed by atoms with Gasteiger partial charge in [0.15, 0.2) is 0 Å². The van der Waals surface area contributed by atoms with E-state index >= 15 is 0 Å². The van der Waals surface area contributed by atoms with Gasteiger partial charge in [-0.15, -0.1) is 12.4 Å². The maximum Gasteiger partial charge on any atom is 0.223 e. The first kappa shape index (κ1) is 18.9. The molecule has 22 heavy (non-hydrogen) atoms. The fourth-order valence-corrected chi connectivity index (χ4v) is 2.91. The number of rotatable bonds is 3. The van der Waals surface area contributed by atoms with Crippen LogP contribution >= 0.6 is 12.4 Å². The number of carbonyl (C=O) groups excluding carboxylic acids is 1. The summed E-state index contributed by atoms with van der Waals surface area (Å²) in [5.41, 5.74) is 6.93. The van der Waals surface area contributed by atoms with Gasteiger partial charge in [0, 0.05) is 25.6 Å². The Kier molecular flexibility index (Phi) is 6.38. The van der Waals surface area contributed by atoms with Gasteiger partial charge >= 0.3 is 0 Å². The highest BCUT2D eigenvalue weighted by atomic mass is 35.5. The van der Waals surface area contributed by atoms with E-state index in [2.05, 4.69) is 13.8 Å². The van der Waals surface area contributed by atoms with Crippen LogP contribution in [0.3, 0.4) is 0 Å². The second-order valence-corrected chi connectivity index (χ2v) is 6.86. The van der Waals surface area contributed by atoms with Crippen LogP contribution in [0.15, 0.2) is 24.3 Å². The van der Waals surface area contributed by atoms with Gasteiger partial charge in [0.05, 0.1) is 0 Å². The van der Waals surface area contributed by atoms with Crippen molar-refractivity contribution in [2.24, 2.45) is 11.1 Å². The van der Waals surface area contributed by atoms with Gasteiger partial charge in [0.2, 0.25) is 5.91 Å². The molecule has 1 aliphatic heterocycles. The predicted molar refractivity (Wildman–Crippen MR) is 89.6 cm³/mol. The van der Waals surface area contributed by atoms with E-state index in [0.717, 1.165) is 18.5 Å². The minimum absolute atomic E-state index is 0. The molecule has 0 radical (unpaired) electrons. The number of nitrogens with zero attached hydrogens (tertiary/aromatic N) is 1. The van der Waals surface area contributed by atoms with Crippen LogP contribution in [0.1, 0.15) is 45.1 Å². The third-order valence-electron chi connectivity index (χ3n) is 4.56. The van der Waals surface area contributed by atoms with Crippen molar-refractivity contribution in [2.75, 3.05) is 13.1 Å². The Labute approximate surface area is 138 Å². The smallest absolute Gasteiger partial charge is 0.223 e. The van der Waals surface area contributed by atoms with E-state index in [1.807, 2.05) is 17.9 Å². The lowest BCUT2D eigenvalue weighted by Crippen LogP contribution is -2.54. The Morgan fingerprint density at radius 1 is 1.50 bits per heavy atom. The summed E-state index contributed by atoms with van der Waals surface area (Å²) in [4.78, 5) is 14.4. The number of nitrogens with two attached hydrogens (primary N) is 1. The molecular weight excluding hydrogens is 303 g/mol. The Morgan fingerprint density at radius 3 is 2.77 bits per heavy atom. The maximum absolute atomic E-state index is 13.3. The molecular formula is C17H26ClFN2O. The predicted octanol–water partition coefficient (Wildman–Crippen LogP) is 3.33. The summed E-state index contributed by atoms with van der Waals surface area (Å²) in [6.07, 6.45) is 1.25. The largest absolute Gasteiger partial charge is 0.342 e. The van der Waals surface area contributed by atoms with Gasteiger partial charge < -0.3 is 10.6 Å². The Morgan fingerprint density at radius 2 is 2.18 bits per heavy atom. The lowest BCUT2D eigenvalue weighted by Gasteiger charge is -2.42. The number of likely N-dealkylation sites (tertiary alicyclic amines) is 1. The quantitative estimate of drug-likeness (QED) is 0.925. The lowest BCUT2D eigenvalue weighted by atomic mass is 9.79. The van der Waals surface area contributed by atoms with Gasteiger partial charge in [0.1, 0.15) is 5.82 Å². The van der Waals surface area contributed by atoms with Crippen molar-refractivity contribution in [3.8, 4) is 0 Å². The van der Waals surface area contributed by atoms with Crippen molar-refractivity contribution in [1.29, 1.82) is 0 Å². The van der Waals surface area contributed by atoms with Crippen molar-refractivity contribution >= 4 is 18.3 Å². The Hall–Kier alpha value is -1.13. The molecule has 0 aliphatic carbocycles. The van der Waals surface area contributed by atoms with Crippen LogP contribution in [-0.4, -0.2) is 29.9 Å². The van der Waals surface area contributed by atoms with E-state index in [0.29, 0.717) is 13.0 Å². The van der Waals surface area contributed by atoms with Gasteiger partial charge in [-0.3, -0.25) is 4.79 Å². The van der Waals surface area contributed by atoms with Crippen LogP contribution in [-0.2, 0) is 4.79 Å². The van der Waals surface area contributed by atoms with Crippen molar-refractivity contribution in [3.63, 3.8) is 0 Å². The molecule has 1 saturated heterocycles. The fraction of sp³-hybridized carbons (Fsp3) is 0.588. The molecule has 0 spiro atoms. The van der Waals surface area contributed by atoms with E-state index in [1.54, 1.807) is 6.07 Å². The number of amides is 1. The van der Waals surface area contributed by atoms with E-state index in [9.17, 15) is 9.18 Å². The molecule has 0 aromatic heterocycles. The minimum atomic E-state index is -0.253. The van der Waals surface area contributed by atoms with Crippen molar-refractivity contribution in [1.82, 2.24) is 4.90 Å². The van der Waals surface area contributed by atoms with Crippen LogP contribution in [0.4, 0.5) is 4.39 Å². The zero-order valence-corrected chi connectivity index (χ0v) is 14.3. The van der Waals surface area contributed by atoms with Crippen LogP contribution in [0.2, 0.25) is 0 Å². The highest BCUT2D eigenvalue weighted by Crippen LogP contribution is 2.29. The average molecular weight is 329 g/mol. The molecule has 3 nitrogen and oxygen atoms in total. The molecule has 1 aliphatic rings. The second-order valence-electron chi connectivity index (χ2n) is 6.86. The molecule has 1 amide bonds. The third kappa shape index (κ3) is 4.43. The number of halogens is 2. The maximum atomic E-state index is 13.3. The summed E-state index contributed by atoms with van der Waals surface area (Å²) in [5.74, 6) is -0.101. The number of hydrogen-bond donors (Lipinski definition) is 1. The van der Waals surface area contributed by atoms with Gasteiger partial charge in [-0.1, -0.05) is 32.9 Å². The standard InChI is InChI=1S/C17H25FN2O.ClH/c1-12(13-5-4-6-14(18)10-13)9-16(21)20-8-7-15(19)17(2,3)11-20;/h4-6,10,12,15H,7-9,11,19H2,1-3H3;1H. The van der Waals surface area contributed by atoms with E-state index in [-0.39, 0.29) is 41.5 Å². The molecule has 0 saturated carbocycles. The topological polar surface area (TPSA) is 46.3 Å². The SMILES string of the molecule is CC(CC(=O)N1CCC(N)C(C)(C)C1)c1cccc(F)c1.Cl. The highest BCUT2D eigenvalue weighted by molar-refractivity contribution is 5.85. The summed E-state index contributed by atoms with van der Waals surface area (Å²) in [5, 5.41) is 0. The summed E-state index contributed by atoms with van der Waals surface area (Å²) < 4.78 is 13.3. The van der Waals surface area contributed by atoms with Crippen molar-refractivity contribution in [2.45, 2.75) is 45.6 Å². The monoisotopic (exact) mass is 328 g/mol. The van der Waals surface area contributed by atoms with E-state index < -0.39 is 0 Å². The average Bonchev–Trinajstić information content (AvgIpc) is 2.41. The first-order chi connectivity index (χ1) is 9.79. The molecule has 2 rings (SSSR count). The molecule has 1 aromatic rings. The fourth-order valence-electron chi connectivity index (χ4n) is 2.91. The second kappa shape index (κ2) is 7.42. The van der Waals surface area contributed by atoms with Crippen molar-refractivity contribution in [3.05, 3.63) is 35.6 Å². The van der Waals surface area contributed by atoms with Gasteiger partial charge in [-0.25, -0.2) is 4.39 Å². The molecule has 2 N–H and O–H groups in total. The molecule has 0 bridgehead atoms. The van der Waals surface area contributed by atoms with Gasteiger partial charge in [-0.05, 0) is 35.4 Å². The summed E-state index contributed by atoms with van der Waals surface area (Å²) in [6, 6.07) is 6.63. The minimum Gasteiger partial charge on any atom is -0.342 e. The summed E-state index contributed by atoms with van der Waals surface area (Å²) in [6.45, 7) is 7.59. The van der Waals surface area contributed by atoms with Gasteiger partial charge in [0.25, 0.3) is 0 Å². The summed E-state index contributed by atoms with van der Waals surface area (Å²) in [7, 11) is 0. The third-order valence-corrected chi connectivity index (χ3v) is 4.56. The molecule has 2 atom stereocenters. The molecule has 1 fully saturated rings. The molecule has 124 valence electrons. The van der Waals surface area contributed by atoms with Crippen LogP contribution in [0.25, 0.3) is 0 Å². The highest BCUT2D eigenvalue weighted by Gasteiger charge is 2.35. The van der Waals surface area contributed by atoms with Crippen molar-refractivity contribution < 1.29 is 9.18 Å². The first-order valence-electron chi connectivity index (χ1n) is 7.58. The molecule has 1 aromatic carbocycles. The number of carbonyl (C=O) groups is 1. The van der Waals surface area contributed by atoms with Crippen LogP contribution in [0, 0.1) is 11.2 Å². The van der Waals surface area contributed by atoms with Crippen LogP contribution < -0.4 is 5.73 Å².